The zero-order chi connectivity index (χ0) is 15.2. The smallest absolute Gasteiger partial charge is 0.142 e. The molecule has 0 saturated heterocycles. The third-order valence-corrected chi connectivity index (χ3v) is 4.60. The van der Waals surface area contributed by atoms with E-state index in [-0.39, 0.29) is 16.9 Å². The number of rotatable bonds is 7. The molecule has 2 rings (SSSR count). The normalized spacial score (nSPS) is 12.6. The fourth-order valence-corrected chi connectivity index (χ4v) is 3.29. The van der Waals surface area contributed by atoms with Crippen molar-refractivity contribution in [2.75, 3.05) is 6.54 Å². The topological polar surface area (TPSA) is 37.8 Å². The Labute approximate surface area is 133 Å². The van der Waals surface area contributed by atoms with E-state index in [4.69, 9.17) is 11.6 Å². The highest BCUT2D eigenvalue weighted by Crippen LogP contribution is 2.29. The molecule has 0 amide bonds. The minimum atomic E-state index is -0.374. The number of hydrogen-bond donors (Lipinski definition) is 1. The minimum Gasteiger partial charge on any atom is -0.309 e. The third-order valence-electron chi connectivity index (χ3n) is 3.29. The Hall–Kier alpha value is -1.04. The first-order valence-electron chi connectivity index (χ1n) is 7.14. The van der Waals surface area contributed by atoms with Gasteiger partial charge in [0.15, 0.2) is 0 Å². The van der Waals surface area contributed by atoms with Gasteiger partial charge >= 0.3 is 0 Å². The van der Waals surface area contributed by atoms with E-state index >= 15 is 0 Å². The number of aryl methyl sites for hydroxylation is 1. The van der Waals surface area contributed by atoms with Crippen molar-refractivity contribution in [2.24, 2.45) is 0 Å². The van der Waals surface area contributed by atoms with Crippen LogP contribution in [0.1, 0.15) is 42.4 Å². The second kappa shape index (κ2) is 7.82. The number of nitrogens with one attached hydrogen (secondary N) is 1. The van der Waals surface area contributed by atoms with Gasteiger partial charge in [-0.15, -0.1) is 5.10 Å². The highest BCUT2D eigenvalue weighted by molar-refractivity contribution is 7.05. The Morgan fingerprint density at radius 1 is 1.38 bits per heavy atom. The van der Waals surface area contributed by atoms with E-state index in [2.05, 4.69) is 21.8 Å². The number of nitrogens with zero attached hydrogens (tertiary/aromatic N) is 2. The van der Waals surface area contributed by atoms with Crippen molar-refractivity contribution < 1.29 is 4.39 Å². The van der Waals surface area contributed by atoms with Crippen LogP contribution in [0.2, 0.25) is 5.02 Å². The first kappa shape index (κ1) is 16.3. The lowest BCUT2D eigenvalue weighted by molar-refractivity contribution is 0.549. The van der Waals surface area contributed by atoms with Gasteiger partial charge in [-0.3, -0.25) is 0 Å². The largest absolute Gasteiger partial charge is 0.309 e. The summed E-state index contributed by atoms with van der Waals surface area (Å²) in [6, 6.07) is 5.00. The van der Waals surface area contributed by atoms with Gasteiger partial charge in [0.25, 0.3) is 0 Å². The average Bonchev–Trinajstić information content (AvgIpc) is 2.92. The molecule has 1 N–H and O–H groups in total. The van der Waals surface area contributed by atoms with Gasteiger partial charge < -0.3 is 5.32 Å². The second-order valence-corrected chi connectivity index (χ2v) is 6.02. The Morgan fingerprint density at radius 2 is 2.19 bits per heavy atom. The van der Waals surface area contributed by atoms with Crippen molar-refractivity contribution in [3.8, 4) is 0 Å². The zero-order valence-electron chi connectivity index (χ0n) is 12.2. The summed E-state index contributed by atoms with van der Waals surface area (Å²) in [7, 11) is 0. The predicted molar refractivity (Wildman–Crippen MR) is 85.4 cm³/mol. The maximum atomic E-state index is 13.6. The molecule has 3 nitrogen and oxygen atoms in total. The van der Waals surface area contributed by atoms with E-state index in [1.165, 1.54) is 17.6 Å². The van der Waals surface area contributed by atoms with Gasteiger partial charge in [0.2, 0.25) is 0 Å². The summed E-state index contributed by atoms with van der Waals surface area (Å²) in [5, 5.41) is 7.84. The van der Waals surface area contributed by atoms with E-state index in [9.17, 15) is 4.39 Å². The summed E-state index contributed by atoms with van der Waals surface area (Å²) in [5.74, 6) is -0.374. The van der Waals surface area contributed by atoms with Crippen LogP contribution in [0.3, 0.4) is 0 Å². The van der Waals surface area contributed by atoms with Crippen LogP contribution < -0.4 is 5.32 Å². The number of hydrogen-bond acceptors (Lipinski definition) is 4. The van der Waals surface area contributed by atoms with Gasteiger partial charge in [-0.05, 0) is 42.5 Å². The summed E-state index contributed by atoms with van der Waals surface area (Å²) < 4.78 is 17.7. The Bertz CT molecular complexity index is 588. The molecule has 1 unspecified atom stereocenters. The molecule has 1 heterocycles. The van der Waals surface area contributed by atoms with Crippen molar-refractivity contribution >= 4 is 23.1 Å². The SMILES string of the molecule is CCCc1nnsc1C(Cc1cccc(F)c1Cl)NCC. The summed E-state index contributed by atoms with van der Waals surface area (Å²) >= 11 is 7.48. The Morgan fingerprint density at radius 3 is 2.90 bits per heavy atom. The molecule has 0 aliphatic heterocycles. The standard InChI is InChI=1S/C15H19ClFN3S/c1-3-6-12-15(21-20-19-12)13(18-4-2)9-10-7-5-8-11(17)14(10)16/h5,7-8,13,18H,3-4,6,9H2,1-2H3. The summed E-state index contributed by atoms with van der Waals surface area (Å²) in [6.45, 7) is 4.99. The lowest BCUT2D eigenvalue weighted by Gasteiger charge is -2.18. The molecule has 0 saturated carbocycles. The summed E-state index contributed by atoms with van der Waals surface area (Å²) in [4.78, 5) is 1.12. The van der Waals surface area contributed by atoms with Crippen molar-refractivity contribution in [2.45, 2.75) is 39.2 Å². The molecule has 6 heteroatoms. The van der Waals surface area contributed by atoms with Crippen LogP contribution in [-0.2, 0) is 12.8 Å². The average molecular weight is 328 g/mol. The van der Waals surface area contributed by atoms with Crippen molar-refractivity contribution in [3.63, 3.8) is 0 Å². The van der Waals surface area contributed by atoms with E-state index in [0.29, 0.717) is 6.42 Å². The van der Waals surface area contributed by atoms with E-state index < -0.39 is 0 Å². The number of benzene rings is 1. The summed E-state index contributed by atoms with van der Waals surface area (Å²) in [5.41, 5.74) is 1.83. The monoisotopic (exact) mass is 327 g/mol. The molecule has 1 atom stereocenters. The molecular formula is C15H19ClFN3S. The second-order valence-electron chi connectivity index (χ2n) is 4.86. The van der Waals surface area contributed by atoms with Crippen molar-refractivity contribution in [3.05, 3.63) is 45.2 Å². The quantitative estimate of drug-likeness (QED) is 0.829. The van der Waals surface area contributed by atoms with Crippen molar-refractivity contribution in [1.29, 1.82) is 0 Å². The maximum Gasteiger partial charge on any atom is 0.142 e. The molecule has 0 bridgehead atoms. The Balaban J connectivity index is 2.26. The first-order chi connectivity index (χ1) is 10.2. The van der Waals surface area contributed by atoms with Gasteiger partial charge in [-0.2, -0.15) is 0 Å². The molecule has 21 heavy (non-hydrogen) atoms. The molecular weight excluding hydrogens is 309 g/mol. The number of likely N-dealkylation sites (N-methyl/N-ethyl adjacent to an activating group) is 1. The minimum absolute atomic E-state index is 0.0656. The van der Waals surface area contributed by atoms with Crippen LogP contribution in [0.25, 0.3) is 0 Å². The molecule has 1 aromatic heterocycles. The van der Waals surface area contributed by atoms with E-state index in [1.54, 1.807) is 6.07 Å². The van der Waals surface area contributed by atoms with Crippen LogP contribution in [0.15, 0.2) is 18.2 Å². The van der Waals surface area contributed by atoms with Gasteiger partial charge in [-0.1, -0.05) is 48.5 Å². The molecule has 0 fully saturated rings. The van der Waals surface area contributed by atoms with Crippen molar-refractivity contribution in [1.82, 2.24) is 14.9 Å². The molecule has 0 spiro atoms. The van der Waals surface area contributed by atoms with Crippen LogP contribution in [0, 0.1) is 5.82 Å². The van der Waals surface area contributed by atoms with Gasteiger partial charge in [0, 0.05) is 6.04 Å². The number of aromatic nitrogens is 2. The van der Waals surface area contributed by atoms with Gasteiger partial charge in [0.05, 0.1) is 15.6 Å². The molecule has 0 aliphatic carbocycles. The van der Waals surface area contributed by atoms with Gasteiger partial charge in [0.1, 0.15) is 5.82 Å². The Kier molecular flexibility index (Phi) is 6.08. The fraction of sp³-hybridized carbons (Fsp3) is 0.467. The van der Waals surface area contributed by atoms with E-state index in [1.807, 2.05) is 13.0 Å². The molecule has 0 radical (unpaired) electrons. The molecule has 1 aromatic carbocycles. The highest BCUT2D eigenvalue weighted by atomic mass is 35.5. The highest BCUT2D eigenvalue weighted by Gasteiger charge is 2.20. The number of halogens is 2. The van der Waals surface area contributed by atoms with Gasteiger partial charge in [-0.25, -0.2) is 4.39 Å². The van der Waals surface area contributed by atoms with Crippen LogP contribution in [0.5, 0.6) is 0 Å². The molecule has 0 aliphatic rings. The lowest BCUT2D eigenvalue weighted by Crippen LogP contribution is -2.23. The third kappa shape index (κ3) is 3.99. The van der Waals surface area contributed by atoms with Crippen LogP contribution in [0.4, 0.5) is 4.39 Å². The summed E-state index contributed by atoms with van der Waals surface area (Å²) in [6.07, 6.45) is 2.56. The van der Waals surface area contributed by atoms with Crippen LogP contribution in [-0.4, -0.2) is 16.1 Å². The lowest BCUT2D eigenvalue weighted by atomic mass is 10.0. The predicted octanol–water partition coefficient (Wildman–Crippen LogP) is 4.18. The molecule has 114 valence electrons. The fourth-order valence-electron chi connectivity index (χ4n) is 2.32. The molecule has 2 aromatic rings. The maximum absolute atomic E-state index is 13.6. The van der Waals surface area contributed by atoms with E-state index in [0.717, 1.165) is 35.5 Å². The first-order valence-corrected chi connectivity index (χ1v) is 8.29. The zero-order valence-corrected chi connectivity index (χ0v) is 13.8. The van der Waals surface area contributed by atoms with Crippen LogP contribution >= 0.6 is 23.1 Å².